The van der Waals surface area contributed by atoms with Crippen molar-refractivity contribution in [2.45, 2.75) is 12.2 Å². The third-order valence-electron chi connectivity index (χ3n) is 4.52. The number of carbonyl (C=O) groups excluding carboxylic acids is 1. The lowest BCUT2D eigenvalue weighted by Crippen LogP contribution is -2.37. The van der Waals surface area contributed by atoms with E-state index < -0.39 is 29.5 Å². The number of carbonyl (C=O) groups is 1. The molecule has 0 saturated carbocycles. The van der Waals surface area contributed by atoms with E-state index in [0.717, 1.165) is 0 Å². The van der Waals surface area contributed by atoms with Crippen molar-refractivity contribution in [2.24, 2.45) is 0 Å². The highest BCUT2D eigenvalue weighted by Gasteiger charge is 2.42. The van der Waals surface area contributed by atoms with Gasteiger partial charge in [0.25, 0.3) is 0 Å². The molecule has 0 amide bonds. The van der Waals surface area contributed by atoms with E-state index >= 15 is 0 Å². The molecule has 0 radical (unpaired) electrons. The number of fused-ring (bicyclic) bond motifs is 1. The van der Waals surface area contributed by atoms with Crippen LogP contribution in [0.25, 0.3) is 0 Å². The molecule has 28 heavy (non-hydrogen) atoms. The Bertz CT molecular complexity index is 922. The van der Waals surface area contributed by atoms with E-state index in [4.69, 9.17) is 23.7 Å². The quantitative estimate of drug-likeness (QED) is 0.657. The van der Waals surface area contributed by atoms with Crippen molar-refractivity contribution in [1.29, 1.82) is 0 Å². The normalized spacial score (nSPS) is 18.2. The van der Waals surface area contributed by atoms with Crippen LogP contribution in [0.2, 0.25) is 0 Å². The molecule has 3 N–H and O–H groups in total. The standard InChI is InChI=1S/C19H20O9/c1-24-11-7-10-13(15(22)14(11)21)16(23)19(27-4)17(28-10)8-5-9(20)18(26-3)12(6-8)25-2/h5-7,17,19-22H,1-4H3. The second kappa shape index (κ2) is 7.35. The summed E-state index contributed by atoms with van der Waals surface area (Å²) < 4.78 is 26.5. The van der Waals surface area contributed by atoms with Crippen molar-refractivity contribution in [3.8, 4) is 40.2 Å². The number of ether oxygens (including phenoxy) is 5. The maximum absolute atomic E-state index is 12.9. The summed E-state index contributed by atoms with van der Waals surface area (Å²) in [6, 6.07) is 4.21. The number of benzene rings is 2. The van der Waals surface area contributed by atoms with E-state index in [1.807, 2.05) is 0 Å². The van der Waals surface area contributed by atoms with Gasteiger partial charge >= 0.3 is 0 Å². The van der Waals surface area contributed by atoms with Crippen LogP contribution in [-0.4, -0.2) is 55.6 Å². The van der Waals surface area contributed by atoms with Crippen LogP contribution >= 0.6 is 0 Å². The number of rotatable bonds is 5. The maximum atomic E-state index is 12.9. The third-order valence-corrected chi connectivity index (χ3v) is 4.52. The van der Waals surface area contributed by atoms with Gasteiger partial charge in [0.1, 0.15) is 11.3 Å². The largest absolute Gasteiger partial charge is 0.504 e. The lowest BCUT2D eigenvalue weighted by molar-refractivity contribution is -0.00134. The zero-order valence-corrected chi connectivity index (χ0v) is 15.7. The van der Waals surface area contributed by atoms with Crippen molar-refractivity contribution >= 4 is 5.78 Å². The van der Waals surface area contributed by atoms with E-state index in [1.54, 1.807) is 6.07 Å². The highest BCUT2D eigenvalue weighted by atomic mass is 16.5. The Morgan fingerprint density at radius 1 is 0.893 bits per heavy atom. The minimum Gasteiger partial charge on any atom is -0.504 e. The lowest BCUT2D eigenvalue weighted by Gasteiger charge is -2.32. The molecule has 0 saturated heterocycles. The molecule has 0 aliphatic carbocycles. The number of aromatic hydroxyl groups is 3. The molecule has 3 rings (SSSR count). The number of methoxy groups -OCH3 is 4. The van der Waals surface area contributed by atoms with Gasteiger partial charge in [-0.3, -0.25) is 4.79 Å². The molecule has 9 nitrogen and oxygen atoms in total. The van der Waals surface area contributed by atoms with Crippen molar-refractivity contribution in [1.82, 2.24) is 0 Å². The topological polar surface area (TPSA) is 124 Å². The maximum Gasteiger partial charge on any atom is 0.203 e. The number of phenols is 3. The molecule has 9 heteroatoms. The predicted octanol–water partition coefficient (Wildman–Crippen LogP) is 2.16. The van der Waals surface area contributed by atoms with Gasteiger partial charge in [-0.2, -0.15) is 0 Å². The van der Waals surface area contributed by atoms with Crippen molar-refractivity contribution in [2.75, 3.05) is 28.4 Å². The molecular weight excluding hydrogens is 372 g/mol. The van der Waals surface area contributed by atoms with E-state index in [1.165, 1.54) is 40.6 Å². The highest BCUT2D eigenvalue weighted by molar-refractivity contribution is 6.06. The number of phenolic OH excluding ortho intramolecular Hbond substituents is 3. The summed E-state index contributed by atoms with van der Waals surface area (Å²) in [7, 11) is 5.40. The molecule has 2 unspecified atom stereocenters. The second-order valence-electron chi connectivity index (χ2n) is 5.98. The molecule has 0 aromatic heterocycles. The summed E-state index contributed by atoms with van der Waals surface area (Å²) in [5.74, 6) is -1.73. The average Bonchev–Trinajstić information content (AvgIpc) is 2.69. The van der Waals surface area contributed by atoms with Gasteiger partial charge in [-0.15, -0.1) is 0 Å². The van der Waals surface area contributed by atoms with Gasteiger partial charge in [-0.05, 0) is 12.1 Å². The molecular formula is C19H20O9. The van der Waals surface area contributed by atoms with Crippen LogP contribution in [0, 0.1) is 0 Å². The molecule has 1 aliphatic rings. The number of hydrogen-bond acceptors (Lipinski definition) is 9. The first-order valence-corrected chi connectivity index (χ1v) is 8.19. The van der Waals surface area contributed by atoms with E-state index in [0.29, 0.717) is 5.56 Å². The zero-order valence-electron chi connectivity index (χ0n) is 15.7. The number of hydrogen-bond donors (Lipinski definition) is 3. The summed E-state index contributed by atoms with van der Waals surface area (Å²) in [6.45, 7) is 0. The van der Waals surface area contributed by atoms with Gasteiger partial charge < -0.3 is 39.0 Å². The molecule has 2 aromatic rings. The van der Waals surface area contributed by atoms with Crippen LogP contribution in [0.15, 0.2) is 18.2 Å². The van der Waals surface area contributed by atoms with Crippen molar-refractivity contribution in [3.63, 3.8) is 0 Å². The highest BCUT2D eigenvalue weighted by Crippen LogP contribution is 2.49. The van der Waals surface area contributed by atoms with Crippen molar-refractivity contribution < 1.29 is 43.8 Å². The van der Waals surface area contributed by atoms with Crippen LogP contribution in [-0.2, 0) is 4.74 Å². The minimum atomic E-state index is -1.15. The van der Waals surface area contributed by atoms with E-state index in [9.17, 15) is 20.1 Å². The van der Waals surface area contributed by atoms with Crippen LogP contribution in [0.1, 0.15) is 22.0 Å². The van der Waals surface area contributed by atoms with Gasteiger partial charge in [0, 0.05) is 18.7 Å². The number of Topliss-reactive ketones (excluding diaryl/α,β-unsaturated/α-hetero) is 1. The monoisotopic (exact) mass is 392 g/mol. The summed E-state index contributed by atoms with van der Waals surface area (Å²) in [5, 5.41) is 30.5. The first-order chi connectivity index (χ1) is 13.4. The van der Waals surface area contributed by atoms with Crippen LogP contribution < -0.4 is 18.9 Å². The van der Waals surface area contributed by atoms with Gasteiger partial charge in [0.2, 0.25) is 17.3 Å². The fourth-order valence-electron chi connectivity index (χ4n) is 3.18. The SMILES string of the molecule is COc1cc2c(c(O)c1O)C(=O)C(OC)C(c1cc(O)c(OC)c(OC)c1)O2. The average molecular weight is 392 g/mol. The predicted molar refractivity (Wildman–Crippen MR) is 96.0 cm³/mol. The molecule has 150 valence electrons. The Kier molecular flexibility index (Phi) is 5.10. The van der Waals surface area contributed by atoms with Gasteiger partial charge in [0.05, 0.1) is 21.3 Å². The Morgan fingerprint density at radius 2 is 1.57 bits per heavy atom. The fraction of sp³-hybridized carbons (Fsp3) is 0.316. The van der Waals surface area contributed by atoms with Gasteiger partial charge in [-0.25, -0.2) is 0 Å². The summed E-state index contributed by atoms with van der Waals surface area (Å²) in [5.41, 5.74) is 0.165. The van der Waals surface area contributed by atoms with Crippen molar-refractivity contribution in [3.05, 3.63) is 29.3 Å². The smallest absolute Gasteiger partial charge is 0.203 e. The van der Waals surface area contributed by atoms with Gasteiger partial charge in [-0.1, -0.05) is 0 Å². The van der Waals surface area contributed by atoms with E-state index in [2.05, 4.69) is 0 Å². The molecule has 2 aromatic carbocycles. The lowest BCUT2D eigenvalue weighted by atomic mass is 9.92. The Balaban J connectivity index is 2.16. The summed E-state index contributed by atoms with van der Waals surface area (Å²) >= 11 is 0. The molecule has 0 bridgehead atoms. The second-order valence-corrected chi connectivity index (χ2v) is 5.98. The molecule has 2 atom stereocenters. The molecule has 0 fully saturated rings. The first-order valence-electron chi connectivity index (χ1n) is 8.19. The zero-order chi connectivity index (χ0) is 20.6. The molecule has 1 heterocycles. The Labute approximate surface area is 160 Å². The first kappa shape index (κ1) is 19.4. The summed E-state index contributed by atoms with van der Waals surface area (Å²) in [4.78, 5) is 12.9. The van der Waals surface area contributed by atoms with Crippen LogP contribution in [0.5, 0.6) is 40.2 Å². The minimum absolute atomic E-state index is 0.00437. The summed E-state index contributed by atoms with van der Waals surface area (Å²) in [6.07, 6.45) is -2.12. The van der Waals surface area contributed by atoms with Crippen LogP contribution in [0.4, 0.5) is 0 Å². The Hall–Kier alpha value is -3.33. The van der Waals surface area contributed by atoms with E-state index in [-0.39, 0.29) is 34.3 Å². The third kappa shape index (κ3) is 2.89. The van der Waals surface area contributed by atoms with Crippen LogP contribution in [0.3, 0.4) is 0 Å². The number of ketones is 1. The van der Waals surface area contributed by atoms with Gasteiger partial charge in [0.15, 0.2) is 35.2 Å². The Morgan fingerprint density at radius 3 is 2.14 bits per heavy atom. The fourth-order valence-corrected chi connectivity index (χ4v) is 3.18. The molecule has 0 spiro atoms. The molecule has 1 aliphatic heterocycles.